The molecule has 2 rings (SSSR count). The highest BCUT2D eigenvalue weighted by atomic mass is 28.3. The Bertz CT molecular complexity index is 373. The van der Waals surface area contributed by atoms with Crippen molar-refractivity contribution in [3.05, 3.63) is 29.6 Å². The van der Waals surface area contributed by atoms with Crippen LogP contribution in [0, 0.1) is 5.82 Å². The summed E-state index contributed by atoms with van der Waals surface area (Å²) in [5.74, 6) is 0.516. The first-order valence-electron chi connectivity index (χ1n) is 6.28. The summed E-state index contributed by atoms with van der Waals surface area (Å²) in [4.78, 5) is 0. The predicted molar refractivity (Wildman–Crippen MR) is 70.6 cm³/mol. The fraction of sp³-hybridized carbons (Fsp3) is 0.571. The first-order chi connectivity index (χ1) is 7.48. The number of hydrogen-bond donors (Lipinski definition) is 0. The van der Waals surface area contributed by atoms with Gasteiger partial charge in [0.2, 0.25) is 0 Å². The Labute approximate surface area is 98.9 Å². The van der Waals surface area contributed by atoms with Crippen LogP contribution in [0.2, 0.25) is 19.6 Å². The highest BCUT2D eigenvalue weighted by Crippen LogP contribution is 2.35. The molecule has 16 heavy (non-hydrogen) atoms. The molecule has 0 aliphatic heterocycles. The van der Waals surface area contributed by atoms with Gasteiger partial charge < -0.3 is 0 Å². The SMILES string of the molecule is C[Si](C)(C)c1ccc(C2CCCC2)c(F)c1. The molecule has 0 spiro atoms. The second-order valence-corrected chi connectivity index (χ2v) is 11.0. The molecule has 0 aromatic heterocycles. The first-order valence-corrected chi connectivity index (χ1v) is 9.78. The Morgan fingerprint density at radius 1 is 1.12 bits per heavy atom. The number of rotatable bonds is 2. The molecule has 1 aromatic rings. The lowest BCUT2D eigenvalue weighted by molar-refractivity contribution is 0.581. The van der Waals surface area contributed by atoms with Crippen molar-refractivity contribution in [2.75, 3.05) is 0 Å². The molecule has 1 aromatic carbocycles. The molecule has 0 N–H and O–H groups in total. The van der Waals surface area contributed by atoms with Gasteiger partial charge >= 0.3 is 0 Å². The van der Waals surface area contributed by atoms with Gasteiger partial charge in [0, 0.05) is 0 Å². The zero-order valence-electron chi connectivity index (χ0n) is 10.5. The van der Waals surface area contributed by atoms with Crippen molar-refractivity contribution < 1.29 is 4.39 Å². The summed E-state index contributed by atoms with van der Waals surface area (Å²) in [5, 5.41) is 1.23. The molecule has 0 bridgehead atoms. The van der Waals surface area contributed by atoms with Gasteiger partial charge in [-0.3, -0.25) is 0 Å². The van der Waals surface area contributed by atoms with E-state index < -0.39 is 8.07 Å². The van der Waals surface area contributed by atoms with Crippen LogP contribution in [0.3, 0.4) is 0 Å². The summed E-state index contributed by atoms with van der Waals surface area (Å²) in [7, 11) is -1.37. The van der Waals surface area contributed by atoms with Crippen LogP contribution in [0.25, 0.3) is 0 Å². The Balaban J connectivity index is 2.29. The van der Waals surface area contributed by atoms with Crippen molar-refractivity contribution in [2.45, 2.75) is 51.2 Å². The zero-order valence-corrected chi connectivity index (χ0v) is 11.5. The van der Waals surface area contributed by atoms with E-state index in [9.17, 15) is 4.39 Å². The predicted octanol–water partition coefficient (Wildman–Crippen LogP) is 4.03. The maximum absolute atomic E-state index is 14.1. The van der Waals surface area contributed by atoms with Crippen LogP contribution in [0.4, 0.5) is 4.39 Å². The van der Waals surface area contributed by atoms with Gasteiger partial charge in [-0.25, -0.2) is 4.39 Å². The zero-order chi connectivity index (χ0) is 11.8. The highest BCUT2D eigenvalue weighted by Gasteiger charge is 2.23. The molecule has 0 heterocycles. The molecule has 0 radical (unpaired) electrons. The van der Waals surface area contributed by atoms with Gasteiger partial charge in [0.15, 0.2) is 0 Å². The topological polar surface area (TPSA) is 0 Å². The molecular formula is C14H21FSi. The molecule has 88 valence electrons. The van der Waals surface area contributed by atoms with Crippen LogP contribution in [0.15, 0.2) is 18.2 Å². The minimum atomic E-state index is -1.37. The molecule has 0 unspecified atom stereocenters. The Kier molecular flexibility index (Phi) is 3.20. The maximum Gasteiger partial charge on any atom is 0.126 e. The van der Waals surface area contributed by atoms with Gasteiger partial charge in [0.1, 0.15) is 5.82 Å². The van der Waals surface area contributed by atoms with Crippen molar-refractivity contribution >= 4 is 13.3 Å². The molecule has 1 fully saturated rings. The van der Waals surface area contributed by atoms with E-state index in [0.29, 0.717) is 5.92 Å². The molecule has 0 nitrogen and oxygen atoms in total. The van der Waals surface area contributed by atoms with Crippen LogP contribution in [-0.2, 0) is 0 Å². The van der Waals surface area contributed by atoms with E-state index in [1.807, 2.05) is 6.07 Å². The molecule has 0 atom stereocenters. The molecule has 0 amide bonds. The average molecular weight is 236 g/mol. The van der Waals surface area contributed by atoms with Crippen LogP contribution in [0.1, 0.15) is 37.2 Å². The fourth-order valence-electron chi connectivity index (χ4n) is 2.56. The van der Waals surface area contributed by atoms with Crippen molar-refractivity contribution in [1.82, 2.24) is 0 Å². The van der Waals surface area contributed by atoms with Gasteiger partial charge in [0.05, 0.1) is 8.07 Å². The number of benzene rings is 1. The Morgan fingerprint density at radius 2 is 1.75 bits per heavy atom. The van der Waals surface area contributed by atoms with Crippen molar-refractivity contribution in [2.24, 2.45) is 0 Å². The van der Waals surface area contributed by atoms with Gasteiger partial charge in [0.25, 0.3) is 0 Å². The summed E-state index contributed by atoms with van der Waals surface area (Å²) in [5.41, 5.74) is 0.958. The summed E-state index contributed by atoms with van der Waals surface area (Å²) in [6.45, 7) is 6.78. The lowest BCUT2D eigenvalue weighted by atomic mass is 9.97. The van der Waals surface area contributed by atoms with Gasteiger partial charge in [-0.2, -0.15) is 0 Å². The monoisotopic (exact) mass is 236 g/mol. The van der Waals surface area contributed by atoms with E-state index in [0.717, 1.165) is 5.56 Å². The Hall–Kier alpha value is -0.633. The molecular weight excluding hydrogens is 215 g/mol. The van der Waals surface area contributed by atoms with E-state index in [1.54, 1.807) is 6.07 Å². The number of halogens is 1. The van der Waals surface area contributed by atoms with E-state index >= 15 is 0 Å². The summed E-state index contributed by atoms with van der Waals surface area (Å²) >= 11 is 0. The van der Waals surface area contributed by atoms with E-state index in [-0.39, 0.29) is 5.82 Å². The smallest absolute Gasteiger partial charge is 0.126 e. The van der Waals surface area contributed by atoms with Crippen molar-refractivity contribution in [3.8, 4) is 0 Å². The second kappa shape index (κ2) is 4.32. The quantitative estimate of drug-likeness (QED) is 0.680. The lowest BCUT2D eigenvalue weighted by Crippen LogP contribution is -2.37. The van der Waals surface area contributed by atoms with E-state index in [1.165, 1.54) is 30.9 Å². The van der Waals surface area contributed by atoms with Gasteiger partial charge in [-0.1, -0.05) is 49.8 Å². The fourth-order valence-corrected chi connectivity index (χ4v) is 3.70. The third-order valence-corrected chi connectivity index (χ3v) is 5.70. The summed E-state index contributed by atoms with van der Waals surface area (Å²) in [6, 6.07) is 5.99. The van der Waals surface area contributed by atoms with Gasteiger partial charge in [-0.05, 0) is 30.4 Å². The third-order valence-electron chi connectivity index (χ3n) is 3.66. The molecule has 1 aliphatic rings. The second-order valence-electron chi connectivity index (χ2n) is 5.97. The van der Waals surface area contributed by atoms with Gasteiger partial charge in [-0.15, -0.1) is 0 Å². The molecule has 2 heteroatoms. The lowest BCUT2D eigenvalue weighted by Gasteiger charge is -2.19. The molecule has 1 saturated carbocycles. The van der Waals surface area contributed by atoms with Crippen LogP contribution >= 0.6 is 0 Å². The normalized spacial score (nSPS) is 18.0. The summed E-state index contributed by atoms with van der Waals surface area (Å²) in [6.07, 6.45) is 4.87. The standard InChI is InChI=1S/C14H21FSi/c1-16(2,3)12-8-9-13(14(15)10-12)11-6-4-5-7-11/h8-11H,4-7H2,1-3H3. The first kappa shape index (κ1) is 11.8. The van der Waals surface area contributed by atoms with Crippen molar-refractivity contribution in [3.63, 3.8) is 0 Å². The van der Waals surface area contributed by atoms with Crippen LogP contribution in [0.5, 0.6) is 0 Å². The van der Waals surface area contributed by atoms with Crippen molar-refractivity contribution in [1.29, 1.82) is 0 Å². The maximum atomic E-state index is 14.1. The molecule has 1 aliphatic carbocycles. The average Bonchev–Trinajstić information content (AvgIpc) is 2.69. The highest BCUT2D eigenvalue weighted by molar-refractivity contribution is 6.88. The third kappa shape index (κ3) is 2.37. The minimum absolute atomic E-state index is 0.0341. The van der Waals surface area contributed by atoms with Crippen LogP contribution < -0.4 is 5.19 Å². The van der Waals surface area contributed by atoms with E-state index in [4.69, 9.17) is 0 Å². The molecule has 0 saturated heterocycles. The van der Waals surface area contributed by atoms with Crippen LogP contribution in [-0.4, -0.2) is 8.07 Å². The summed E-state index contributed by atoms with van der Waals surface area (Å²) < 4.78 is 14.1. The van der Waals surface area contributed by atoms with E-state index in [2.05, 4.69) is 25.7 Å². The number of hydrogen-bond acceptors (Lipinski definition) is 0. The largest absolute Gasteiger partial charge is 0.207 e. The minimum Gasteiger partial charge on any atom is -0.207 e. The Morgan fingerprint density at radius 3 is 2.25 bits per heavy atom.